The van der Waals surface area contributed by atoms with Crippen molar-refractivity contribution in [2.24, 2.45) is 0 Å². The first-order valence-electron chi connectivity index (χ1n) is 8.34. The first-order chi connectivity index (χ1) is 11.8. The van der Waals surface area contributed by atoms with Crippen molar-refractivity contribution in [3.05, 3.63) is 72.6 Å². The van der Waals surface area contributed by atoms with Gasteiger partial charge >= 0.3 is 0 Å². The fourth-order valence-electron chi connectivity index (χ4n) is 2.71. The molecule has 0 aliphatic rings. The van der Waals surface area contributed by atoms with E-state index in [1.807, 2.05) is 30.7 Å². The SMILES string of the molecule is CC[C@@H](C)N(Cc1ccncc1)Cc1cccn1-c1ncccn1. The molecule has 3 aromatic rings. The van der Waals surface area contributed by atoms with E-state index in [-0.39, 0.29) is 0 Å². The Morgan fingerprint density at radius 1 is 1.00 bits per heavy atom. The summed E-state index contributed by atoms with van der Waals surface area (Å²) in [6.07, 6.45) is 10.4. The Labute approximate surface area is 143 Å². The van der Waals surface area contributed by atoms with Gasteiger partial charge in [-0.15, -0.1) is 0 Å². The topological polar surface area (TPSA) is 46.8 Å². The second kappa shape index (κ2) is 7.84. The molecule has 0 radical (unpaired) electrons. The maximum absolute atomic E-state index is 4.36. The van der Waals surface area contributed by atoms with E-state index in [0.29, 0.717) is 12.0 Å². The number of rotatable bonds is 7. The number of hydrogen-bond donors (Lipinski definition) is 0. The second-order valence-electron chi connectivity index (χ2n) is 5.94. The summed E-state index contributed by atoms with van der Waals surface area (Å²) < 4.78 is 2.06. The lowest BCUT2D eigenvalue weighted by atomic mass is 10.1. The van der Waals surface area contributed by atoms with Crippen LogP contribution in [0.15, 0.2) is 61.3 Å². The lowest BCUT2D eigenvalue weighted by Crippen LogP contribution is -2.32. The lowest BCUT2D eigenvalue weighted by Gasteiger charge is -2.28. The van der Waals surface area contributed by atoms with Crippen LogP contribution < -0.4 is 0 Å². The molecule has 5 heteroatoms. The van der Waals surface area contributed by atoms with E-state index < -0.39 is 0 Å². The van der Waals surface area contributed by atoms with Gasteiger partial charge in [-0.2, -0.15) is 0 Å². The number of nitrogens with zero attached hydrogens (tertiary/aromatic N) is 5. The van der Waals surface area contributed by atoms with E-state index in [1.165, 1.54) is 11.3 Å². The molecule has 5 nitrogen and oxygen atoms in total. The monoisotopic (exact) mass is 321 g/mol. The van der Waals surface area contributed by atoms with Crippen molar-refractivity contribution < 1.29 is 0 Å². The number of hydrogen-bond acceptors (Lipinski definition) is 4. The van der Waals surface area contributed by atoms with Crippen LogP contribution >= 0.6 is 0 Å². The largest absolute Gasteiger partial charge is 0.291 e. The molecule has 0 fully saturated rings. The minimum absolute atomic E-state index is 0.484. The Bertz CT molecular complexity index is 739. The summed E-state index contributed by atoms with van der Waals surface area (Å²) in [5.41, 5.74) is 2.47. The highest BCUT2D eigenvalue weighted by atomic mass is 15.2. The van der Waals surface area contributed by atoms with E-state index >= 15 is 0 Å². The van der Waals surface area contributed by atoms with Crippen LogP contribution in [0.5, 0.6) is 0 Å². The Balaban J connectivity index is 1.82. The van der Waals surface area contributed by atoms with Crippen LogP contribution in [0.1, 0.15) is 31.5 Å². The zero-order valence-corrected chi connectivity index (χ0v) is 14.2. The molecule has 0 saturated carbocycles. The average molecular weight is 321 g/mol. The van der Waals surface area contributed by atoms with Crippen LogP contribution in [-0.4, -0.2) is 30.5 Å². The zero-order chi connectivity index (χ0) is 16.8. The molecule has 3 aromatic heterocycles. The molecule has 0 bridgehead atoms. The molecule has 1 atom stereocenters. The van der Waals surface area contributed by atoms with Crippen molar-refractivity contribution in [1.82, 2.24) is 24.4 Å². The van der Waals surface area contributed by atoms with Crippen molar-refractivity contribution >= 4 is 0 Å². The van der Waals surface area contributed by atoms with Gasteiger partial charge in [0.25, 0.3) is 0 Å². The maximum atomic E-state index is 4.36. The highest BCUT2D eigenvalue weighted by Crippen LogP contribution is 2.17. The first-order valence-corrected chi connectivity index (χ1v) is 8.34. The van der Waals surface area contributed by atoms with Gasteiger partial charge < -0.3 is 0 Å². The summed E-state index contributed by atoms with van der Waals surface area (Å²) in [5.74, 6) is 0.713. The number of pyridine rings is 1. The third-order valence-electron chi connectivity index (χ3n) is 4.32. The van der Waals surface area contributed by atoms with Gasteiger partial charge in [0.05, 0.1) is 0 Å². The fraction of sp³-hybridized carbons (Fsp3) is 0.316. The lowest BCUT2D eigenvalue weighted by molar-refractivity contribution is 0.183. The molecule has 3 rings (SSSR count). The Morgan fingerprint density at radius 3 is 2.46 bits per heavy atom. The molecule has 0 aromatic carbocycles. The molecule has 0 N–H and O–H groups in total. The van der Waals surface area contributed by atoms with Gasteiger partial charge in [-0.1, -0.05) is 6.92 Å². The molecule has 0 aliphatic heterocycles. The van der Waals surface area contributed by atoms with E-state index in [4.69, 9.17) is 0 Å². The molecule has 24 heavy (non-hydrogen) atoms. The summed E-state index contributed by atoms with van der Waals surface area (Å²) in [7, 11) is 0. The van der Waals surface area contributed by atoms with E-state index in [1.54, 1.807) is 12.4 Å². The minimum atomic E-state index is 0.484. The summed E-state index contributed by atoms with van der Waals surface area (Å²) in [6.45, 7) is 6.25. The van der Waals surface area contributed by atoms with Crippen LogP contribution in [0.4, 0.5) is 0 Å². The average Bonchev–Trinajstić information content (AvgIpc) is 3.10. The second-order valence-corrected chi connectivity index (χ2v) is 5.94. The maximum Gasteiger partial charge on any atom is 0.233 e. The zero-order valence-electron chi connectivity index (χ0n) is 14.2. The minimum Gasteiger partial charge on any atom is -0.291 e. The van der Waals surface area contributed by atoms with Crippen molar-refractivity contribution in [3.63, 3.8) is 0 Å². The first kappa shape index (κ1) is 16.3. The van der Waals surface area contributed by atoms with E-state index in [0.717, 1.165) is 19.5 Å². The van der Waals surface area contributed by atoms with Gasteiger partial charge in [-0.25, -0.2) is 9.97 Å². The van der Waals surface area contributed by atoms with Crippen LogP contribution in [0, 0.1) is 0 Å². The Kier molecular flexibility index (Phi) is 5.33. The van der Waals surface area contributed by atoms with Crippen molar-refractivity contribution in [2.45, 2.75) is 39.4 Å². The van der Waals surface area contributed by atoms with Crippen LogP contribution in [0.25, 0.3) is 5.95 Å². The van der Waals surface area contributed by atoms with Crippen LogP contribution in [0.3, 0.4) is 0 Å². The van der Waals surface area contributed by atoms with Gasteiger partial charge in [-0.3, -0.25) is 14.5 Å². The molecule has 3 heterocycles. The molecular weight excluding hydrogens is 298 g/mol. The summed E-state index contributed by atoms with van der Waals surface area (Å²) in [4.78, 5) is 15.3. The van der Waals surface area contributed by atoms with Gasteiger partial charge in [0.15, 0.2) is 0 Å². The van der Waals surface area contributed by atoms with Crippen molar-refractivity contribution in [1.29, 1.82) is 0 Å². The summed E-state index contributed by atoms with van der Waals surface area (Å²) in [6, 6.07) is 10.7. The van der Waals surface area contributed by atoms with Gasteiger partial charge in [0.1, 0.15) is 0 Å². The Morgan fingerprint density at radius 2 is 1.75 bits per heavy atom. The standard InChI is InChI=1S/C19H23N5/c1-3-16(2)23(14-17-7-11-20-12-8-17)15-18-6-4-13-24(18)19-21-9-5-10-22-19/h4-13,16H,3,14-15H2,1-2H3/t16-/m1/s1. The highest BCUT2D eigenvalue weighted by Gasteiger charge is 2.16. The molecule has 0 amide bonds. The quantitative estimate of drug-likeness (QED) is 0.668. The van der Waals surface area contributed by atoms with Gasteiger partial charge in [0, 0.05) is 55.8 Å². The molecule has 124 valence electrons. The molecule has 0 saturated heterocycles. The predicted molar refractivity (Wildman–Crippen MR) is 94.6 cm³/mol. The fourth-order valence-corrected chi connectivity index (χ4v) is 2.71. The third-order valence-corrected chi connectivity index (χ3v) is 4.32. The third kappa shape index (κ3) is 3.86. The number of aromatic nitrogens is 4. The van der Waals surface area contributed by atoms with Gasteiger partial charge in [0.2, 0.25) is 5.95 Å². The van der Waals surface area contributed by atoms with Gasteiger partial charge in [-0.05, 0) is 49.2 Å². The summed E-state index contributed by atoms with van der Waals surface area (Å²) >= 11 is 0. The van der Waals surface area contributed by atoms with Crippen LogP contribution in [-0.2, 0) is 13.1 Å². The van der Waals surface area contributed by atoms with Crippen molar-refractivity contribution in [3.8, 4) is 5.95 Å². The smallest absolute Gasteiger partial charge is 0.233 e. The molecule has 0 spiro atoms. The highest BCUT2D eigenvalue weighted by molar-refractivity contribution is 5.21. The normalized spacial score (nSPS) is 12.5. The Hall–Kier alpha value is -2.53. The van der Waals surface area contributed by atoms with Crippen molar-refractivity contribution in [2.75, 3.05) is 0 Å². The van der Waals surface area contributed by atoms with E-state index in [9.17, 15) is 0 Å². The van der Waals surface area contributed by atoms with E-state index in [2.05, 4.69) is 56.5 Å². The van der Waals surface area contributed by atoms with Crippen LogP contribution in [0.2, 0.25) is 0 Å². The summed E-state index contributed by atoms with van der Waals surface area (Å²) in [5, 5.41) is 0. The predicted octanol–water partition coefficient (Wildman–Crippen LogP) is 3.46. The molecule has 0 aliphatic carbocycles. The molecule has 0 unspecified atom stereocenters. The molecular formula is C19H23N5.